The fraction of sp³-hybridized carbons (Fsp3) is 0.812. The van der Waals surface area contributed by atoms with Crippen LogP contribution in [0.5, 0.6) is 0 Å². The van der Waals surface area contributed by atoms with Crippen molar-refractivity contribution < 1.29 is 0 Å². The van der Waals surface area contributed by atoms with Crippen molar-refractivity contribution in [2.45, 2.75) is 64.7 Å². The van der Waals surface area contributed by atoms with Gasteiger partial charge >= 0.3 is 0 Å². The van der Waals surface area contributed by atoms with Gasteiger partial charge in [-0.05, 0) is 31.1 Å². The van der Waals surface area contributed by atoms with Gasteiger partial charge in [-0.2, -0.15) is 5.26 Å². The number of unbranched alkanes of at least 4 members (excludes halogenated alkanes) is 5. The molecule has 1 saturated carbocycles. The molecule has 3 unspecified atom stereocenters. The second-order valence-corrected chi connectivity index (χ2v) is 5.98. The van der Waals surface area contributed by atoms with E-state index in [-0.39, 0.29) is 5.41 Å². The number of hydrogen-bond acceptors (Lipinski definition) is 1. The summed E-state index contributed by atoms with van der Waals surface area (Å²) in [6.45, 7) is 2.26. The number of nitrogens with zero attached hydrogens (tertiary/aromatic N) is 1. The Morgan fingerprint density at radius 3 is 2.53 bits per heavy atom. The number of nitriles is 1. The standard InChI is InChI=1S/C16H25N/c1-2-3-4-5-6-7-10-16(13-17)12-14-8-9-15(16)11-14/h8-9,14-15H,2-7,10-12H2,1H3. The van der Waals surface area contributed by atoms with Crippen molar-refractivity contribution in [1.29, 1.82) is 5.26 Å². The molecule has 2 bridgehead atoms. The Morgan fingerprint density at radius 2 is 1.94 bits per heavy atom. The summed E-state index contributed by atoms with van der Waals surface area (Å²) in [5.74, 6) is 1.30. The highest BCUT2D eigenvalue weighted by Gasteiger charge is 2.48. The summed E-state index contributed by atoms with van der Waals surface area (Å²) in [6.07, 6.45) is 16.2. The maximum Gasteiger partial charge on any atom is 0.0696 e. The molecule has 2 rings (SSSR count). The first-order valence-electron chi connectivity index (χ1n) is 7.40. The molecule has 1 nitrogen and oxygen atoms in total. The van der Waals surface area contributed by atoms with Crippen LogP contribution in [0, 0.1) is 28.6 Å². The highest BCUT2D eigenvalue weighted by atomic mass is 14.5. The van der Waals surface area contributed by atoms with Gasteiger partial charge in [-0.25, -0.2) is 0 Å². The van der Waals surface area contributed by atoms with Crippen molar-refractivity contribution >= 4 is 0 Å². The van der Waals surface area contributed by atoms with E-state index in [9.17, 15) is 5.26 Å². The molecule has 0 aliphatic heterocycles. The Hall–Kier alpha value is -0.770. The third kappa shape index (κ3) is 2.73. The molecule has 2 aliphatic rings. The summed E-state index contributed by atoms with van der Waals surface area (Å²) in [6, 6.07) is 2.66. The normalized spacial score (nSPS) is 34.1. The van der Waals surface area contributed by atoms with Gasteiger partial charge in [0.1, 0.15) is 0 Å². The van der Waals surface area contributed by atoms with Crippen LogP contribution in [0.4, 0.5) is 0 Å². The molecule has 2 aliphatic carbocycles. The van der Waals surface area contributed by atoms with Gasteiger partial charge in [0, 0.05) is 0 Å². The van der Waals surface area contributed by atoms with Crippen LogP contribution in [-0.2, 0) is 0 Å². The summed E-state index contributed by atoms with van der Waals surface area (Å²) in [4.78, 5) is 0. The van der Waals surface area contributed by atoms with Crippen molar-refractivity contribution in [1.82, 2.24) is 0 Å². The van der Waals surface area contributed by atoms with E-state index in [0.717, 1.165) is 18.8 Å². The SMILES string of the molecule is CCCCCCCCC1(C#N)CC2C=CC1C2. The van der Waals surface area contributed by atoms with Gasteiger partial charge in [-0.1, -0.05) is 57.6 Å². The minimum Gasteiger partial charge on any atom is -0.198 e. The molecule has 1 heteroatoms. The summed E-state index contributed by atoms with van der Waals surface area (Å²) >= 11 is 0. The fourth-order valence-corrected chi connectivity index (χ4v) is 3.65. The maximum atomic E-state index is 9.50. The predicted octanol–water partition coefficient (Wildman–Crippen LogP) is 4.84. The number of hydrogen-bond donors (Lipinski definition) is 0. The molecule has 0 saturated heterocycles. The fourth-order valence-electron chi connectivity index (χ4n) is 3.65. The molecule has 0 N–H and O–H groups in total. The van der Waals surface area contributed by atoms with Crippen LogP contribution in [0.2, 0.25) is 0 Å². The lowest BCUT2D eigenvalue weighted by atomic mass is 9.73. The second-order valence-electron chi connectivity index (χ2n) is 5.98. The lowest BCUT2D eigenvalue weighted by Crippen LogP contribution is -2.23. The largest absolute Gasteiger partial charge is 0.198 e. The Balaban J connectivity index is 1.71. The molecular weight excluding hydrogens is 206 g/mol. The van der Waals surface area contributed by atoms with Crippen LogP contribution in [0.15, 0.2) is 12.2 Å². The quantitative estimate of drug-likeness (QED) is 0.454. The second kappa shape index (κ2) is 5.71. The zero-order valence-electron chi connectivity index (χ0n) is 11.1. The van der Waals surface area contributed by atoms with E-state index in [2.05, 4.69) is 25.1 Å². The van der Waals surface area contributed by atoms with Gasteiger partial charge < -0.3 is 0 Å². The minimum absolute atomic E-state index is 0.0180. The van der Waals surface area contributed by atoms with Crippen LogP contribution in [0.1, 0.15) is 64.7 Å². The highest BCUT2D eigenvalue weighted by molar-refractivity contribution is 5.21. The lowest BCUT2D eigenvalue weighted by molar-refractivity contribution is 0.288. The Kier molecular flexibility index (Phi) is 4.26. The van der Waals surface area contributed by atoms with Gasteiger partial charge in [0.25, 0.3) is 0 Å². The van der Waals surface area contributed by atoms with Gasteiger partial charge in [0.2, 0.25) is 0 Å². The molecule has 17 heavy (non-hydrogen) atoms. The maximum absolute atomic E-state index is 9.50. The predicted molar refractivity (Wildman–Crippen MR) is 71.4 cm³/mol. The van der Waals surface area contributed by atoms with Crippen molar-refractivity contribution in [3.05, 3.63) is 12.2 Å². The average molecular weight is 231 g/mol. The number of allylic oxidation sites excluding steroid dienone is 2. The van der Waals surface area contributed by atoms with E-state index >= 15 is 0 Å². The topological polar surface area (TPSA) is 23.8 Å². The number of fused-ring (bicyclic) bond motifs is 2. The van der Waals surface area contributed by atoms with Crippen molar-refractivity contribution in [2.75, 3.05) is 0 Å². The van der Waals surface area contributed by atoms with Crippen molar-refractivity contribution in [2.24, 2.45) is 17.3 Å². The Morgan fingerprint density at radius 1 is 1.18 bits per heavy atom. The molecule has 1 fully saturated rings. The third-order valence-electron chi connectivity index (χ3n) is 4.71. The third-order valence-corrected chi connectivity index (χ3v) is 4.71. The monoisotopic (exact) mass is 231 g/mol. The Labute approximate surface area is 106 Å². The molecule has 0 aromatic heterocycles. The number of rotatable bonds is 7. The molecule has 0 amide bonds. The molecular formula is C16H25N. The highest BCUT2D eigenvalue weighted by Crippen LogP contribution is 2.54. The molecule has 0 aromatic carbocycles. The van der Waals surface area contributed by atoms with E-state index in [1.807, 2.05) is 0 Å². The van der Waals surface area contributed by atoms with E-state index in [4.69, 9.17) is 0 Å². The first-order valence-corrected chi connectivity index (χ1v) is 7.40. The van der Waals surface area contributed by atoms with Gasteiger partial charge in [-0.15, -0.1) is 0 Å². The molecule has 0 spiro atoms. The van der Waals surface area contributed by atoms with Crippen LogP contribution in [0.25, 0.3) is 0 Å². The molecule has 0 heterocycles. The Bertz CT molecular complexity index is 312. The van der Waals surface area contributed by atoms with E-state index in [0.29, 0.717) is 5.92 Å². The van der Waals surface area contributed by atoms with Crippen molar-refractivity contribution in [3.63, 3.8) is 0 Å². The van der Waals surface area contributed by atoms with Crippen LogP contribution in [0.3, 0.4) is 0 Å². The van der Waals surface area contributed by atoms with E-state index in [1.165, 1.54) is 44.9 Å². The minimum atomic E-state index is 0.0180. The first-order chi connectivity index (χ1) is 8.30. The smallest absolute Gasteiger partial charge is 0.0696 e. The van der Waals surface area contributed by atoms with Crippen LogP contribution in [-0.4, -0.2) is 0 Å². The van der Waals surface area contributed by atoms with Gasteiger partial charge in [0.05, 0.1) is 11.5 Å². The molecule has 94 valence electrons. The van der Waals surface area contributed by atoms with Gasteiger partial charge in [0.15, 0.2) is 0 Å². The van der Waals surface area contributed by atoms with Crippen molar-refractivity contribution in [3.8, 4) is 6.07 Å². The summed E-state index contributed by atoms with van der Waals surface area (Å²) < 4.78 is 0. The zero-order valence-corrected chi connectivity index (χ0v) is 11.1. The first kappa shape index (κ1) is 12.7. The van der Waals surface area contributed by atoms with Crippen LogP contribution >= 0.6 is 0 Å². The zero-order chi connectivity index (χ0) is 12.1. The summed E-state index contributed by atoms with van der Waals surface area (Å²) in [7, 11) is 0. The lowest BCUT2D eigenvalue weighted by Gasteiger charge is -2.28. The molecule has 0 aromatic rings. The van der Waals surface area contributed by atoms with E-state index < -0.39 is 0 Å². The van der Waals surface area contributed by atoms with Gasteiger partial charge in [-0.3, -0.25) is 0 Å². The van der Waals surface area contributed by atoms with Crippen LogP contribution < -0.4 is 0 Å². The molecule has 3 atom stereocenters. The summed E-state index contributed by atoms with van der Waals surface area (Å²) in [5, 5.41) is 9.50. The average Bonchev–Trinajstić information content (AvgIpc) is 2.94. The molecule has 0 radical (unpaired) electrons. The summed E-state index contributed by atoms with van der Waals surface area (Å²) in [5.41, 5.74) is 0.0180. The van der Waals surface area contributed by atoms with E-state index in [1.54, 1.807) is 0 Å².